The van der Waals surface area contributed by atoms with Crippen molar-refractivity contribution in [3.63, 3.8) is 0 Å². The van der Waals surface area contributed by atoms with E-state index in [0.29, 0.717) is 5.54 Å². The average molecular weight is 322 g/mol. The highest BCUT2D eigenvalue weighted by atomic mass is 16.5. The van der Waals surface area contributed by atoms with E-state index in [0.717, 1.165) is 41.3 Å². The Balaban J connectivity index is 1.30. The Morgan fingerprint density at radius 1 is 1.08 bits per heavy atom. The van der Waals surface area contributed by atoms with Gasteiger partial charge in [-0.3, -0.25) is 0 Å². The van der Waals surface area contributed by atoms with Gasteiger partial charge in [-0.1, -0.05) is 29.4 Å². The number of aromatic nitrogens is 1. The molecule has 3 nitrogen and oxygen atoms in total. The van der Waals surface area contributed by atoms with Crippen molar-refractivity contribution in [1.82, 2.24) is 10.5 Å². The Labute approximate surface area is 143 Å². The molecule has 4 saturated carbocycles. The second-order valence-electron chi connectivity index (χ2n) is 8.55. The van der Waals surface area contributed by atoms with Gasteiger partial charge in [-0.25, -0.2) is 0 Å². The number of nitrogens with one attached hydrogen (secondary N) is 1. The molecule has 126 valence electrons. The van der Waals surface area contributed by atoms with E-state index in [4.69, 9.17) is 4.52 Å². The van der Waals surface area contributed by atoms with Crippen LogP contribution in [0.25, 0.3) is 11.3 Å². The smallest absolute Gasteiger partial charge is 0.167 e. The van der Waals surface area contributed by atoms with Crippen LogP contribution in [0.2, 0.25) is 0 Å². The first-order valence-corrected chi connectivity index (χ1v) is 9.46. The highest BCUT2D eigenvalue weighted by Gasteiger charge is 2.50. The van der Waals surface area contributed by atoms with E-state index >= 15 is 0 Å². The Bertz CT molecular complexity index is 713. The molecule has 0 atom stereocenters. The van der Waals surface area contributed by atoms with Crippen LogP contribution in [-0.2, 0) is 6.54 Å². The largest absolute Gasteiger partial charge is 0.356 e. The molecule has 6 rings (SSSR count). The van der Waals surface area contributed by atoms with Gasteiger partial charge in [-0.05, 0) is 68.8 Å². The second-order valence-corrected chi connectivity index (χ2v) is 8.55. The van der Waals surface area contributed by atoms with E-state index in [9.17, 15) is 0 Å². The van der Waals surface area contributed by atoms with E-state index in [1.165, 1.54) is 44.1 Å². The first-order valence-electron chi connectivity index (χ1n) is 9.46. The van der Waals surface area contributed by atoms with E-state index in [1.54, 1.807) is 0 Å². The topological polar surface area (TPSA) is 38.1 Å². The van der Waals surface area contributed by atoms with Crippen molar-refractivity contribution in [2.75, 3.05) is 0 Å². The summed E-state index contributed by atoms with van der Waals surface area (Å²) in [6, 6.07) is 10.4. The van der Waals surface area contributed by atoms with Gasteiger partial charge in [0.25, 0.3) is 0 Å². The minimum atomic E-state index is 0.385. The maximum absolute atomic E-state index is 5.61. The third-order valence-corrected chi connectivity index (χ3v) is 6.65. The Morgan fingerprint density at radius 2 is 1.75 bits per heavy atom. The van der Waals surface area contributed by atoms with Crippen LogP contribution in [0.4, 0.5) is 0 Å². The van der Waals surface area contributed by atoms with Gasteiger partial charge >= 0.3 is 0 Å². The molecule has 1 N–H and O–H groups in total. The number of nitrogens with zero attached hydrogens (tertiary/aromatic N) is 1. The molecule has 4 aliphatic carbocycles. The molecule has 2 aromatic rings. The summed E-state index contributed by atoms with van der Waals surface area (Å²) >= 11 is 0. The van der Waals surface area contributed by atoms with Crippen molar-refractivity contribution < 1.29 is 4.52 Å². The van der Waals surface area contributed by atoms with Gasteiger partial charge in [0, 0.05) is 23.7 Å². The van der Waals surface area contributed by atoms with E-state index in [-0.39, 0.29) is 0 Å². The molecule has 4 aliphatic rings. The number of aryl methyl sites for hydroxylation is 1. The molecular weight excluding hydrogens is 296 g/mol. The molecule has 3 heteroatoms. The van der Waals surface area contributed by atoms with Crippen molar-refractivity contribution in [2.45, 2.75) is 57.5 Å². The van der Waals surface area contributed by atoms with Gasteiger partial charge < -0.3 is 9.84 Å². The van der Waals surface area contributed by atoms with E-state index < -0.39 is 0 Å². The molecular formula is C21H26N2O. The third-order valence-electron chi connectivity index (χ3n) is 6.65. The quantitative estimate of drug-likeness (QED) is 0.886. The van der Waals surface area contributed by atoms with Gasteiger partial charge in [-0.2, -0.15) is 0 Å². The highest BCUT2D eigenvalue weighted by Crippen LogP contribution is 2.55. The van der Waals surface area contributed by atoms with Gasteiger partial charge in [0.1, 0.15) is 0 Å². The summed E-state index contributed by atoms with van der Waals surface area (Å²) in [6.07, 6.45) is 8.59. The van der Waals surface area contributed by atoms with Crippen molar-refractivity contribution in [2.24, 2.45) is 17.8 Å². The molecule has 1 aromatic carbocycles. The molecule has 4 fully saturated rings. The monoisotopic (exact) mass is 322 g/mol. The summed E-state index contributed by atoms with van der Waals surface area (Å²) in [5.74, 6) is 3.81. The van der Waals surface area contributed by atoms with Crippen LogP contribution in [0, 0.1) is 24.7 Å². The van der Waals surface area contributed by atoms with Gasteiger partial charge in [0.05, 0.1) is 5.69 Å². The molecule has 1 heterocycles. The predicted octanol–water partition coefficient (Wildman–Crippen LogP) is 4.71. The number of hydrogen-bond acceptors (Lipinski definition) is 3. The van der Waals surface area contributed by atoms with Crippen molar-refractivity contribution in [3.05, 3.63) is 41.6 Å². The molecule has 0 saturated heterocycles. The van der Waals surface area contributed by atoms with Crippen molar-refractivity contribution >= 4 is 0 Å². The molecule has 0 aliphatic heterocycles. The van der Waals surface area contributed by atoms with Crippen LogP contribution in [0.3, 0.4) is 0 Å². The molecule has 0 spiro atoms. The maximum atomic E-state index is 5.61. The first-order chi connectivity index (χ1) is 11.7. The third kappa shape index (κ3) is 2.50. The van der Waals surface area contributed by atoms with Crippen LogP contribution < -0.4 is 5.32 Å². The lowest BCUT2D eigenvalue weighted by Gasteiger charge is -2.57. The Hall–Kier alpha value is -1.61. The minimum Gasteiger partial charge on any atom is -0.356 e. The minimum absolute atomic E-state index is 0.385. The summed E-state index contributed by atoms with van der Waals surface area (Å²) < 4.78 is 5.61. The fraction of sp³-hybridized carbons (Fsp3) is 0.571. The van der Waals surface area contributed by atoms with Crippen LogP contribution in [0.15, 0.2) is 34.9 Å². The van der Waals surface area contributed by atoms with Crippen LogP contribution in [-0.4, -0.2) is 10.7 Å². The predicted molar refractivity (Wildman–Crippen MR) is 94.4 cm³/mol. The van der Waals surface area contributed by atoms with Crippen LogP contribution >= 0.6 is 0 Å². The summed E-state index contributed by atoms with van der Waals surface area (Å²) in [5.41, 5.74) is 3.79. The molecule has 4 bridgehead atoms. The molecule has 0 radical (unpaired) electrons. The molecule has 1 aromatic heterocycles. The normalized spacial score (nSPS) is 34.0. The lowest BCUT2D eigenvalue weighted by molar-refractivity contribution is -0.0208. The number of rotatable bonds is 4. The van der Waals surface area contributed by atoms with Gasteiger partial charge in [0.2, 0.25) is 0 Å². The molecule has 24 heavy (non-hydrogen) atoms. The fourth-order valence-electron chi connectivity index (χ4n) is 5.98. The maximum Gasteiger partial charge on any atom is 0.167 e. The van der Waals surface area contributed by atoms with E-state index in [1.807, 2.05) is 0 Å². The lowest BCUT2D eigenvalue weighted by Crippen LogP contribution is -2.58. The van der Waals surface area contributed by atoms with Crippen LogP contribution in [0.5, 0.6) is 0 Å². The zero-order valence-corrected chi connectivity index (χ0v) is 14.4. The average Bonchev–Trinajstić information content (AvgIpc) is 3.01. The zero-order chi connectivity index (χ0) is 16.1. The summed E-state index contributed by atoms with van der Waals surface area (Å²) in [5, 5.41) is 8.21. The summed E-state index contributed by atoms with van der Waals surface area (Å²) in [7, 11) is 0. The van der Waals surface area contributed by atoms with Gasteiger partial charge in [-0.15, -0.1) is 0 Å². The van der Waals surface area contributed by atoms with Crippen molar-refractivity contribution in [3.8, 4) is 11.3 Å². The summed E-state index contributed by atoms with van der Waals surface area (Å²) in [4.78, 5) is 0. The molecule has 0 unspecified atom stereocenters. The SMILES string of the molecule is Cc1ccccc1-c1cc(CNC23CC4CC(CC(C4)C2)C3)no1. The van der Waals surface area contributed by atoms with Crippen LogP contribution in [0.1, 0.15) is 49.8 Å². The standard InChI is InChI=1S/C21H26N2O/c1-14-4-2-3-5-19(14)20-9-18(23-24-20)13-22-21-10-15-6-16(11-21)8-17(7-15)12-21/h2-5,9,15-17,22H,6-8,10-13H2,1H3. The Kier molecular flexibility index (Phi) is 3.34. The van der Waals surface area contributed by atoms with Gasteiger partial charge in [0.15, 0.2) is 5.76 Å². The van der Waals surface area contributed by atoms with E-state index in [2.05, 4.69) is 47.7 Å². The second kappa shape index (κ2) is 5.45. The zero-order valence-electron chi connectivity index (χ0n) is 14.4. The molecule has 0 amide bonds. The fourth-order valence-corrected chi connectivity index (χ4v) is 5.98. The van der Waals surface area contributed by atoms with Crippen molar-refractivity contribution in [1.29, 1.82) is 0 Å². The number of benzene rings is 1. The highest BCUT2D eigenvalue weighted by molar-refractivity contribution is 5.61. The first kappa shape index (κ1) is 14.7. The Morgan fingerprint density at radius 3 is 2.42 bits per heavy atom. The lowest BCUT2D eigenvalue weighted by atomic mass is 9.53. The summed E-state index contributed by atoms with van der Waals surface area (Å²) in [6.45, 7) is 2.95. The number of hydrogen-bond donors (Lipinski definition) is 1.